The van der Waals surface area contributed by atoms with Crippen molar-refractivity contribution >= 4 is 5.91 Å². The Kier molecular flexibility index (Phi) is 5.64. The van der Waals surface area contributed by atoms with Crippen molar-refractivity contribution in [1.82, 2.24) is 25.1 Å². The van der Waals surface area contributed by atoms with E-state index in [1.54, 1.807) is 11.9 Å². The highest BCUT2D eigenvalue weighted by Crippen LogP contribution is 2.19. The fraction of sp³-hybridized carbons (Fsp3) is 0.333. The molecule has 0 fully saturated rings. The zero-order valence-electron chi connectivity index (χ0n) is 16.2. The first-order valence-corrected chi connectivity index (χ1v) is 9.20. The van der Waals surface area contributed by atoms with Gasteiger partial charge in [-0.15, -0.1) is 0 Å². The van der Waals surface area contributed by atoms with Crippen LogP contribution in [-0.2, 0) is 13.0 Å². The summed E-state index contributed by atoms with van der Waals surface area (Å²) in [5, 5.41) is 7.22. The fourth-order valence-electron chi connectivity index (χ4n) is 2.75. The maximum atomic E-state index is 12.8. The van der Waals surface area contributed by atoms with E-state index in [1.165, 1.54) is 5.56 Å². The van der Waals surface area contributed by atoms with Crippen molar-refractivity contribution in [3.63, 3.8) is 0 Å². The number of pyridine rings is 1. The average Bonchev–Trinajstić information content (AvgIpc) is 3.19. The zero-order chi connectivity index (χ0) is 19.4. The normalized spacial score (nSPS) is 11.0. The predicted octanol–water partition coefficient (Wildman–Crippen LogP) is 3.82. The molecule has 0 spiro atoms. The Balaban J connectivity index is 1.75. The molecule has 2 aromatic heterocycles. The molecule has 27 heavy (non-hydrogen) atoms. The molecule has 0 aliphatic carbocycles. The molecular formula is C21H25N5O. The summed E-state index contributed by atoms with van der Waals surface area (Å²) in [6.45, 7) is 6.67. The summed E-state index contributed by atoms with van der Waals surface area (Å²) in [6, 6.07) is 11.4. The van der Waals surface area contributed by atoms with Gasteiger partial charge in [0.15, 0.2) is 5.82 Å². The van der Waals surface area contributed by atoms with E-state index in [4.69, 9.17) is 0 Å². The fourth-order valence-corrected chi connectivity index (χ4v) is 2.75. The molecule has 0 aliphatic heterocycles. The van der Waals surface area contributed by atoms with Crippen molar-refractivity contribution < 1.29 is 4.79 Å². The number of carbonyl (C=O) groups is 1. The van der Waals surface area contributed by atoms with E-state index in [0.29, 0.717) is 17.9 Å². The molecule has 0 saturated carbocycles. The molecule has 0 atom stereocenters. The van der Waals surface area contributed by atoms with Gasteiger partial charge in [-0.3, -0.25) is 14.9 Å². The minimum absolute atomic E-state index is 0.0576. The summed E-state index contributed by atoms with van der Waals surface area (Å²) in [7, 11) is 1.79. The van der Waals surface area contributed by atoms with E-state index in [1.807, 2.05) is 36.5 Å². The summed E-state index contributed by atoms with van der Waals surface area (Å²) < 4.78 is 0. The van der Waals surface area contributed by atoms with Crippen molar-refractivity contribution in [2.24, 2.45) is 0 Å². The summed E-state index contributed by atoms with van der Waals surface area (Å²) in [5.41, 5.74) is 3.49. The van der Waals surface area contributed by atoms with Crippen LogP contribution < -0.4 is 0 Å². The predicted molar refractivity (Wildman–Crippen MR) is 105 cm³/mol. The van der Waals surface area contributed by atoms with Crippen molar-refractivity contribution in [3.8, 4) is 11.4 Å². The number of nitrogens with zero attached hydrogens (tertiary/aromatic N) is 4. The van der Waals surface area contributed by atoms with Crippen molar-refractivity contribution in [2.75, 3.05) is 7.05 Å². The van der Waals surface area contributed by atoms with Gasteiger partial charge in [0.25, 0.3) is 5.91 Å². The van der Waals surface area contributed by atoms with E-state index < -0.39 is 0 Å². The summed E-state index contributed by atoms with van der Waals surface area (Å²) in [6.07, 6.45) is 2.82. The molecule has 1 N–H and O–H groups in total. The summed E-state index contributed by atoms with van der Waals surface area (Å²) in [5.74, 6) is 1.65. The van der Waals surface area contributed by atoms with E-state index >= 15 is 0 Å². The topological polar surface area (TPSA) is 74.8 Å². The molecule has 3 rings (SSSR count). The number of nitrogens with one attached hydrogen (secondary N) is 1. The van der Waals surface area contributed by atoms with Gasteiger partial charge in [-0.25, -0.2) is 4.98 Å². The van der Waals surface area contributed by atoms with Crippen LogP contribution in [0.4, 0.5) is 0 Å². The standard InChI is InChI=1S/C21H25N5O/c1-5-15-9-10-18(22-12-15)13-26(4)21(27)17-8-6-7-16(11-17)20-23-19(14(2)3)24-25-20/h6-12,14H,5,13H2,1-4H3,(H,23,24,25). The number of rotatable bonds is 6. The van der Waals surface area contributed by atoms with Crippen LogP contribution in [-0.4, -0.2) is 38.0 Å². The van der Waals surface area contributed by atoms with Gasteiger partial charge in [0.2, 0.25) is 0 Å². The van der Waals surface area contributed by atoms with Crippen molar-refractivity contribution in [3.05, 3.63) is 65.2 Å². The first-order valence-electron chi connectivity index (χ1n) is 9.20. The van der Waals surface area contributed by atoms with E-state index in [-0.39, 0.29) is 11.8 Å². The van der Waals surface area contributed by atoms with Crippen LogP contribution in [0.1, 0.15) is 54.1 Å². The van der Waals surface area contributed by atoms with Crippen molar-refractivity contribution in [1.29, 1.82) is 0 Å². The molecule has 0 bridgehead atoms. The Morgan fingerprint density at radius 1 is 1.22 bits per heavy atom. The Labute approximate surface area is 159 Å². The molecular weight excluding hydrogens is 338 g/mol. The smallest absolute Gasteiger partial charge is 0.253 e. The molecule has 6 heteroatoms. The molecule has 6 nitrogen and oxygen atoms in total. The van der Waals surface area contributed by atoms with E-state index in [9.17, 15) is 4.79 Å². The van der Waals surface area contributed by atoms with Gasteiger partial charge >= 0.3 is 0 Å². The SMILES string of the molecule is CCc1ccc(CN(C)C(=O)c2cccc(-c3n[nH]c(C(C)C)n3)c2)nc1. The number of benzene rings is 1. The minimum Gasteiger partial charge on any atom is -0.336 e. The lowest BCUT2D eigenvalue weighted by molar-refractivity contribution is 0.0783. The number of aromatic nitrogens is 4. The van der Waals surface area contributed by atoms with Crippen LogP contribution in [0.15, 0.2) is 42.6 Å². The highest BCUT2D eigenvalue weighted by Gasteiger charge is 2.15. The Hall–Kier alpha value is -3.02. The monoisotopic (exact) mass is 363 g/mol. The number of amides is 1. The second-order valence-electron chi connectivity index (χ2n) is 6.95. The molecule has 0 radical (unpaired) electrons. The summed E-state index contributed by atoms with van der Waals surface area (Å²) >= 11 is 0. The van der Waals surface area contributed by atoms with Gasteiger partial charge in [0, 0.05) is 30.3 Å². The molecule has 1 aromatic carbocycles. The van der Waals surface area contributed by atoms with Crippen LogP contribution >= 0.6 is 0 Å². The van der Waals surface area contributed by atoms with Gasteiger partial charge < -0.3 is 4.90 Å². The summed E-state index contributed by atoms with van der Waals surface area (Å²) in [4.78, 5) is 23.4. The van der Waals surface area contributed by atoms with E-state index in [0.717, 1.165) is 23.5 Å². The second kappa shape index (κ2) is 8.12. The first kappa shape index (κ1) is 18.8. The first-order chi connectivity index (χ1) is 13.0. The Morgan fingerprint density at radius 3 is 2.67 bits per heavy atom. The third-order valence-electron chi connectivity index (χ3n) is 4.46. The third-order valence-corrected chi connectivity index (χ3v) is 4.46. The number of aromatic amines is 1. The van der Waals surface area contributed by atoms with Crippen LogP contribution in [0.2, 0.25) is 0 Å². The van der Waals surface area contributed by atoms with Gasteiger partial charge in [-0.2, -0.15) is 5.10 Å². The number of carbonyl (C=O) groups excluding carboxylic acids is 1. The molecule has 3 aromatic rings. The van der Waals surface area contributed by atoms with Crippen LogP contribution in [0, 0.1) is 0 Å². The van der Waals surface area contributed by atoms with E-state index in [2.05, 4.69) is 47.0 Å². The lowest BCUT2D eigenvalue weighted by Crippen LogP contribution is -2.26. The van der Waals surface area contributed by atoms with Crippen LogP contribution in [0.5, 0.6) is 0 Å². The second-order valence-corrected chi connectivity index (χ2v) is 6.95. The molecule has 1 amide bonds. The van der Waals surface area contributed by atoms with Gasteiger partial charge in [0.05, 0.1) is 12.2 Å². The van der Waals surface area contributed by atoms with Gasteiger partial charge in [-0.1, -0.05) is 39.0 Å². The third kappa shape index (κ3) is 4.39. The highest BCUT2D eigenvalue weighted by molar-refractivity contribution is 5.95. The average molecular weight is 363 g/mol. The van der Waals surface area contributed by atoms with Crippen LogP contribution in [0.3, 0.4) is 0 Å². The molecule has 140 valence electrons. The Morgan fingerprint density at radius 2 is 2.04 bits per heavy atom. The minimum atomic E-state index is -0.0576. The number of aryl methyl sites for hydroxylation is 1. The van der Waals surface area contributed by atoms with Crippen LogP contribution in [0.25, 0.3) is 11.4 Å². The maximum Gasteiger partial charge on any atom is 0.253 e. The molecule has 0 aliphatic rings. The lowest BCUT2D eigenvalue weighted by atomic mass is 10.1. The Bertz CT molecular complexity index is 914. The largest absolute Gasteiger partial charge is 0.336 e. The molecule has 0 unspecified atom stereocenters. The molecule has 2 heterocycles. The molecule has 0 saturated heterocycles. The number of H-pyrrole nitrogens is 1. The lowest BCUT2D eigenvalue weighted by Gasteiger charge is -2.17. The number of hydrogen-bond acceptors (Lipinski definition) is 4. The van der Waals surface area contributed by atoms with Gasteiger partial charge in [-0.05, 0) is 30.2 Å². The number of hydrogen-bond donors (Lipinski definition) is 1. The quantitative estimate of drug-likeness (QED) is 0.722. The van der Waals surface area contributed by atoms with Gasteiger partial charge in [0.1, 0.15) is 5.82 Å². The van der Waals surface area contributed by atoms with Crippen molar-refractivity contribution in [2.45, 2.75) is 39.7 Å². The maximum absolute atomic E-state index is 12.8. The zero-order valence-corrected chi connectivity index (χ0v) is 16.2. The highest BCUT2D eigenvalue weighted by atomic mass is 16.2.